The van der Waals surface area contributed by atoms with Gasteiger partial charge in [-0.2, -0.15) is 0 Å². The zero-order valence-corrected chi connectivity index (χ0v) is 16.1. The number of methoxy groups -OCH3 is 1. The average molecular weight is 375 g/mol. The summed E-state index contributed by atoms with van der Waals surface area (Å²) >= 11 is 1.51. The molecule has 1 aromatic heterocycles. The Morgan fingerprint density at radius 3 is 2.88 bits per heavy atom. The van der Waals surface area contributed by atoms with Crippen LogP contribution in [-0.4, -0.2) is 42.0 Å². The number of aromatic nitrogens is 1. The molecule has 0 radical (unpaired) electrons. The van der Waals surface area contributed by atoms with Gasteiger partial charge in [-0.1, -0.05) is 19.4 Å². The van der Waals surface area contributed by atoms with E-state index in [9.17, 15) is 9.59 Å². The Balaban J connectivity index is 2.09. The van der Waals surface area contributed by atoms with E-state index in [1.807, 2.05) is 12.3 Å². The van der Waals surface area contributed by atoms with Crippen molar-refractivity contribution in [3.05, 3.63) is 46.4 Å². The first-order valence-corrected chi connectivity index (χ1v) is 9.58. The second kappa shape index (κ2) is 10.7. The zero-order valence-electron chi connectivity index (χ0n) is 15.2. The largest absolute Gasteiger partial charge is 0.383 e. The number of anilines is 1. The van der Waals surface area contributed by atoms with Gasteiger partial charge in [0.1, 0.15) is 5.01 Å². The lowest BCUT2D eigenvalue weighted by atomic mass is 10.1. The van der Waals surface area contributed by atoms with E-state index in [1.165, 1.54) is 11.3 Å². The van der Waals surface area contributed by atoms with Crippen LogP contribution < -0.4 is 5.32 Å². The molecule has 0 aliphatic carbocycles. The van der Waals surface area contributed by atoms with Gasteiger partial charge in [0, 0.05) is 42.9 Å². The van der Waals surface area contributed by atoms with Crippen LogP contribution in [0.4, 0.5) is 5.69 Å². The predicted molar refractivity (Wildman–Crippen MR) is 103 cm³/mol. The number of ether oxygens (including phenoxy) is 1. The summed E-state index contributed by atoms with van der Waals surface area (Å²) in [5, 5.41) is 5.62. The van der Waals surface area contributed by atoms with Crippen LogP contribution in [0.25, 0.3) is 0 Å². The molecule has 2 aromatic rings. The number of thiazole rings is 1. The highest BCUT2D eigenvalue weighted by Gasteiger charge is 2.17. The van der Waals surface area contributed by atoms with Crippen LogP contribution >= 0.6 is 11.3 Å². The van der Waals surface area contributed by atoms with Crippen molar-refractivity contribution >= 4 is 28.8 Å². The molecule has 26 heavy (non-hydrogen) atoms. The van der Waals surface area contributed by atoms with E-state index >= 15 is 0 Å². The molecular formula is C19H25N3O3S. The fourth-order valence-electron chi connectivity index (χ4n) is 2.42. The summed E-state index contributed by atoms with van der Waals surface area (Å²) in [7, 11) is 1.61. The van der Waals surface area contributed by atoms with Gasteiger partial charge in [-0.3, -0.25) is 9.59 Å². The Hall–Kier alpha value is -2.25. The molecule has 140 valence electrons. The standard InChI is InChI=1S/C19H25N3O3S/c1-3-4-8-17(23)21-16-7-5-6-15(13-16)19(24)22(10-11-25-2)14-18-20-9-12-26-18/h5-7,9,12-13H,3-4,8,10-11,14H2,1-2H3,(H,21,23). The van der Waals surface area contributed by atoms with Crippen molar-refractivity contribution in [3.8, 4) is 0 Å². The fraction of sp³-hybridized carbons (Fsp3) is 0.421. The van der Waals surface area contributed by atoms with E-state index in [0.29, 0.717) is 37.4 Å². The maximum atomic E-state index is 12.9. The van der Waals surface area contributed by atoms with E-state index in [2.05, 4.69) is 10.3 Å². The molecule has 0 spiro atoms. The summed E-state index contributed by atoms with van der Waals surface area (Å²) in [5.74, 6) is -0.141. The average Bonchev–Trinajstić information content (AvgIpc) is 3.16. The Bertz CT molecular complexity index is 704. The lowest BCUT2D eigenvalue weighted by Crippen LogP contribution is -2.33. The number of carbonyl (C=O) groups excluding carboxylic acids is 2. The number of rotatable bonds is 10. The predicted octanol–water partition coefficient (Wildman–Crippen LogP) is 3.56. The van der Waals surface area contributed by atoms with E-state index < -0.39 is 0 Å². The minimum absolute atomic E-state index is 0.0320. The Morgan fingerprint density at radius 2 is 2.19 bits per heavy atom. The highest BCUT2D eigenvalue weighted by Crippen LogP contribution is 2.16. The molecular weight excluding hydrogens is 350 g/mol. The van der Waals surface area contributed by atoms with Crippen molar-refractivity contribution in [1.82, 2.24) is 9.88 Å². The summed E-state index contributed by atoms with van der Waals surface area (Å²) < 4.78 is 5.12. The van der Waals surface area contributed by atoms with Crippen LogP contribution in [0.2, 0.25) is 0 Å². The van der Waals surface area contributed by atoms with Gasteiger partial charge in [-0.15, -0.1) is 11.3 Å². The fourth-order valence-corrected chi connectivity index (χ4v) is 3.05. The number of nitrogens with zero attached hydrogens (tertiary/aromatic N) is 2. The van der Waals surface area contributed by atoms with E-state index in [-0.39, 0.29) is 11.8 Å². The molecule has 0 saturated carbocycles. The smallest absolute Gasteiger partial charge is 0.254 e. The van der Waals surface area contributed by atoms with Crippen LogP contribution in [0.15, 0.2) is 35.8 Å². The van der Waals surface area contributed by atoms with Crippen LogP contribution in [0, 0.1) is 0 Å². The van der Waals surface area contributed by atoms with Crippen molar-refractivity contribution < 1.29 is 14.3 Å². The van der Waals surface area contributed by atoms with Gasteiger partial charge < -0.3 is 15.0 Å². The second-order valence-electron chi connectivity index (χ2n) is 5.88. The van der Waals surface area contributed by atoms with Gasteiger partial charge in [0.05, 0.1) is 13.2 Å². The monoisotopic (exact) mass is 375 g/mol. The van der Waals surface area contributed by atoms with Gasteiger partial charge in [-0.05, 0) is 24.6 Å². The van der Waals surface area contributed by atoms with Crippen LogP contribution in [0.1, 0.15) is 41.6 Å². The second-order valence-corrected chi connectivity index (χ2v) is 6.86. The molecule has 2 rings (SSSR count). The van der Waals surface area contributed by atoms with Gasteiger partial charge in [0.2, 0.25) is 5.91 Å². The SMILES string of the molecule is CCCCC(=O)Nc1cccc(C(=O)N(CCOC)Cc2nccs2)c1. The van der Waals surface area contributed by atoms with Crippen molar-refractivity contribution in [2.75, 3.05) is 25.6 Å². The number of carbonyl (C=O) groups is 2. The number of nitrogens with one attached hydrogen (secondary N) is 1. The molecule has 1 aromatic carbocycles. The van der Waals surface area contributed by atoms with E-state index in [4.69, 9.17) is 4.74 Å². The van der Waals surface area contributed by atoms with Crippen LogP contribution in [0.3, 0.4) is 0 Å². The molecule has 7 heteroatoms. The molecule has 0 aliphatic heterocycles. The first-order chi connectivity index (χ1) is 12.6. The van der Waals surface area contributed by atoms with Crippen molar-refractivity contribution in [1.29, 1.82) is 0 Å². The van der Waals surface area contributed by atoms with Crippen molar-refractivity contribution in [2.45, 2.75) is 32.7 Å². The van der Waals surface area contributed by atoms with E-state index in [0.717, 1.165) is 17.8 Å². The lowest BCUT2D eigenvalue weighted by molar-refractivity contribution is -0.116. The third-order valence-corrected chi connectivity index (χ3v) is 4.58. The summed E-state index contributed by atoms with van der Waals surface area (Å²) in [6.45, 7) is 3.41. The maximum absolute atomic E-state index is 12.9. The van der Waals surface area contributed by atoms with Crippen molar-refractivity contribution in [3.63, 3.8) is 0 Å². The van der Waals surface area contributed by atoms with Crippen molar-refractivity contribution in [2.24, 2.45) is 0 Å². The normalized spacial score (nSPS) is 10.5. The van der Waals surface area contributed by atoms with Gasteiger partial charge in [-0.25, -0.2) is 4.98 Å². The number of unbranched alkanes of at least 4 members (excludes halogenated alkanes) is 1. The molecule has 1 heterocycles. The molecule has 0 bridgehead atoms. The maximum Gasteiger partial charge on any atom is 0.254 e. The third kappa shape index (κ3) is 6.24. The van der Waals surface area contributed by atoms with Crippen LogP contribution in [-0.2, 0) is 16.1 Å². The zero-order chi connectivity index (χ0) is 18.8. The molecule has 0 aliphatic rings. The summed E-state index contributed by atoms with van der Waals surface area (Å²) in [6, 6.07) is 7.04. The third-order valence-electron chi connectivity index (χ3n) is 3.81. The van der Waals surface area contributed by atoms with E-state index in [1.54, 1.807) is 42.5 Å². The molecule has 0 fully saturated rings. The number of hydrogen-bond donors (Lipinski definition) is 1. The summed E-state index contributed by atoms with van der Waals surface area (Å²) in [6.07, 6.45) is 4.03. The molecule has 0 unspecified atom stereocenters. The molecule has 0 atom stereocenters. The Labute approximate surface area is 158 Å². The number of hydrogen-bond acceptors (Lipinski definition) is 5. The summed E-state index contributed by atoms with van der Waals surface area (Å²) in [5.41, 5.74) is 1.17. The highest BCUT2D eigenvalue weighted by molar-refractivity contribution is 7.09. The summed E-state index contributed by atoms with van der Waals surface area (Å²) in [4.78, 5) is 30.8. The quantitative estimate of drug-likeness (QED) is 0.689. The first kappa shape index (κ1) is 20.1. The molecule has 6 nitrogen and oxygen atoms in total. The Kier molecular flexibility index (Phi) is 8.24. The molecule has 0 saturated heterocycles. The van der Waals surface area contributed by atoms with Gasteiger partial charge in [0.15, 0.2) is 0 Å². The highest BCUT2D eigenvalue weighted by atomic mass is 32.1. The number of benzene rings is 1. The minimum Gasteiger partial charge on any atom is -0.383 e. The molecule has 2 amide bonds. The minimum atomic E-state index is -0.109. The molecule has 1 N–H and O–H groups in total. The number of amides is 2. The Morgan fingerprint density at radius 1 is 1.35 bits per heavy atom. The van der Waals surface area contributed by atoms with Gasteiger partial charge >= 0.3 is 0 Å². The van der Waals surface area contributed by atoms with Crippen LogP contribution in [0.5, 0.6) is 0 Å². The first-order valence-electron chi connectivity index (χ1n) is 8.70. The topological polar surface area (TPSA) is 71.5 Å². The van der Waals surface area contributed by atoms with Gasteiger partial charge in [0.25, 0.3) is 5.91 Å². The lowest BCUT2D eigenvalue weighted by Gasteiger charge is -2.21.